The van der Waals surface area contributed by atoms with Gasteiger partial charge in [0.1, 0.15) is 0 Å². The van der Waals surface area contributed by atoms with Crippen molar-refractivity contribution in [3.8, 4) is 11.5 Å². The zero-order valence-corrected chi connectivity index (χ0v) is 12.9. The molecule has 4 nitrogen and oxygen atoms in total. The number of nitrogens with one attached hydrogen (secondary N) is 1. The standard InChI is InChI=1S/C14H24N2O2S/c1-17-13-7-9-16-12(14(13)18-2)11-15-8-5-4-6-10-19-3/h7,9,15H,4-6,8,10-11H2,1-3H3. The minimum Gasteiger partial charge on any atom is -0.493 e. The second kappa shape index (κ2) is 9.92. The molecule has 0 saturated heterocycles. The van der Waals surface area contributed by atoms with Crippen LogP contribution in [0.25, 0.3) is 0 Å². The number of unbranched alkanes of at least 4 members (excludes halogenated alkanes) is 2. The lowest BCUT2D eigenvalue weighted by molar-refractivity contribution is 0.348. The van der Waals surface area contributed by atoms with Gasteiger partial charge in [0, 0.05) is 18.8 Å². The van der Waals surface area contributed by atoms with E-state index in [1.165, 1.54) is 25.0 Å². The van der Waals surface area contributed by atoms with Crippen LogP contribution in [0.5, 0.6) is 11.5 Å². The summed E-state index contributed by atoms with van der Waals surface area (Å²) in [4.78, 5) is 4.33. The second-order valence-corrected chi connectivity index (χ2v) is 5.21. The van der Waals surface area contributed by atoms with Gasteiger partial charge in [0.25, 0.3) is 0 Å². The van der Waals surface area contributed by atoms with Gasteiger partial charge in [0.05, 0.1) is 19.9 Å². The predicted octanol–water partition coefficient (Wildman–Crippen LogP) is 2.72. The highest BCUT2D eigenvalue weighted by Crippen LogP contribution is 2.28. The summed E-state index contributed by atoms with van der Waals surface area (Å²) < 4.78 is 10.6. The average Bonchev–Trinajstić information content (AvgIpc) is 2.45. The van der Waals surface area contributed by atoms with E-state index < -0.39 is 0 Å². The Kier molecular flexibility index (Phi) is 8.41. The van der Waals surface area contributed by atoms with Crippen LogP contribution in [0.4, 0.5) is 0 Å². The van der Waals surface area contributed by atoms with Gasteiger partial charge in [0.2, 0.25) is 0 Å². The van der Waals surface area contributed by atoms with Crippen molar-refractivity contribution < 1.29 is 9.47 Å². The van der Waals surface area contributed by atoms with E-state index in [9.17, 15) is 0 Å². The molecule has 0 aliphatic carbocycles. The topological polar surface area (TPSA) is 43.4 Å². The molecule has 1 aromatic rings. The maximum Gasteiger partial charge on any atom is 0.183 e. The van der Waals surface area contributed by atoms with E-state index in [2.05, 4.69) is 16.6 Å². The summed E-state index contributed by atoms with van der Waals surface area (Å²) >= 11 is 1.91. The lowest BCUT2D eigenvalue weighted by atomic mass is 10.2. The highest BCUT2D eigenvalue weighted by Gasteiger charge is 2.09. The zero-order chi connectivity index (χ0) is 13.9. The van der Waals surface area contributed by atoms with Crippen molar-refractivity contribution in [1.29, 1.82) is 0 Å². The molecule has 0 fully saturated rings. The third-order valence-corrected chi connectivity index (χ3v) is 3.56. The maximum absolute atomic E-state index is 5.35. The molecule has 0 atom stereocenters. The predicted molar refractivity (Wildman–Crippen MR) is 81.3 cm³/mol. The van der Waals surface area contributed by atoms with E-state index in [-0.39, 0.29) is 0 Å². The SMILES string of the molecule is COc1ccnc(CNCCCCCSC)c1OC. The maximum atomic E-state index is 5.35. The first-order valence-corrected chi connectivity index (χ1v) is 7.98. The van der Waals surface area contributed by atoms with Crippen molar-refractivity contribution in [3.63, 3.8) is 0 Å². The van der Waals surface area contributed by atoms with Gasteiger partial charge in [-0.2, -0.15) is 11.8 Å². The number of methoxy groups -OCH3 is 2. The molecule has 19 heavy (non-hydrogen) atoms. The second-order valence-electron chi connectivity index (χ2n) is 4.22. The van der Waals surface area contributed by atoms with Crippen LogP contribution >= 0.6 is 11.8 Å². The van der Waals surface area contributed by atoms with Crippen LogP contribution in [0.3, 0.4) is 0 Å². The Morgan fingerprint density at radius 2 is 2.05 bits per heavy atom. The molecule has 0 radical (unpaired) electrons. The first-order valence-electron chi connectivity index (χ1n) is 6.59. The van der Waals surface area contributed by atoms with Gasteiger partial charge in [-0.15, -0.1) is 0 Å². The van der Waals surface area contributed by atoms with Crippen LogP contribution in [-0.2, 0) is 6.54 Å². The fourth-order valence-electron chi connectivity index (χ4n) is 1.86. The summed E-state index contributed by atoms with van der Waals surface area (Å²) in [5.41, 5.74) is 0.894. The van der Waals surface area contributed by atoms with Gasteiger partial charge in [-0.1, -0.05) is 6.42 Å². The smallest absolute Gasteiger partial charge is 0.183 e. The van der Waals surface area contributed by atoms with Gasteiger partial charge in [-0.25, -0.2) is 0 Å². The van der Waals surface area contributed by atoms with Crippen molar-refractivity contribution in [2.45, 2.75) is 25.8 Å². The summed E-state index contributed by atoms with van der Waals surface area (Å²) in [6, 6.07) is 1.81. The van der Waals surface area contributed by atoms with Gasteiger partial charge >= 0.3 is 0 Å². The molecule has 0 spiro atoms. The lowest BCUT2D eigenvalue weighted by Gasteiger charge is -2.12. The molecule has 0 unspecified atom stereocenters. The highest BCUT2D eigenvalue weighted by atomic mass is 32.2. The molecule has 1 aromatic heterocycles. The number of aromatic nitrogens is 1. The third-order valence-electron chi connectivity index (χ3n) is 2.86. The van der Waals surface area contributed by atoms with E-state index >= 15 is 0 Å². The summed E-state index contributed by atoms with van der Waals surface area (Å²) in [6.45, 7) is 1.72. The van der Waals surface area contributed by atoms with Gasteiger partial charge in [-0.05, 0) is 31.4 Å². The number of thioether (sulfide) groups is 1. The van der Waals surface area contributed by atoms with Gasteiger partial charge < -0.3 is 14.8 Å². The Balaban J connectivity index is 2.33. The molecule has 1 N–H and O–H groups in total. The minimum absolute atomic E-state index is 0.711. The zero-order valence-electron chi connectivity index (χ0n) is 12.1. The first kappa shape index (κ1) is 16.1. The number of nitrogens with zero attached hydrogens (tertiary/aromatic N) is 1. The fourth-order valence-corrected chi connectivity index (χ4v) is 2.35. The molecule has 0 bridgehead atoms. The van der Waals surface area contributed by atoms with Crippen LogP contribution in [0, 0.1) is 0 Å². The normalized spacial score (nSPS) is 10.5. The summed E-state index contributed by atoms with van der Waals surface area (Å²) in [7, 11) is 3.28. The summed E-state index contributed by atoms with van der Waals surface area (Å²) in [5.74, 6) is 2.71. The van der Waals surface area contributed by atoms with Gasteiger partial charge in [-0.3, -0.25) is 4.98 Å². The summed E-state index contributed by atoms with van der Waals surface area (Å²) in [5, 5.41) is 3.40. The van der Waals surface area contributed by atoms with E-state index in [0.29, 0.717) is 6.54 Å². The number of pyridine rings is 1. The number of ether oxygens (including phenoxy) is 2. The number of hydrogen-bond donors (Lipinski definition) is 1. The van der Waals surface area contributed by atoms with Crippen LogP contribution in [-0.4, -0.2) is 37.8 Å². The molecule has 0 aliphatic rings. The highest BCUT2D eigenvalue weighted by molar-refractivity contribution is 7.98. The third kappa shape index (κ3) is 5.70. The Hall–Kier alpha value is -0.940. The van der Waals surface area contributed by atoms with Crippen LogP contribution in [0.2, 0.25) is 0 Å². The Morgan fingerprint density at radius 3 is 2.74 bits per heavy atom. The van der Waals surface area contributed by atoms with Crippen molar-refractivity contribution in [2.24, 2.45) is 0 Å². The monoisotopic (exact) mass is 284 g/mol. The van der Waals surface area contributed by atoms with Crippen LogP contribution in [0.1, 0.15) is 25.0 Å². The van der Waals surface area contributed by atoms with Gasteiger partial charge in [0.15, 0.2) is 11.5 Å². The van der Waals surface area contributed by atoms with Crippen molar-refractivity contribution >= 4 is 11.8 Å². The van der Waals surface area contributed by atoms with E-state index in [1.807, 2.05) is 17.8 Å². The largest absolute Gasteiger partial charge is 0.493 e. The number of hydrogen-bond acceptors (Lipinski definition) is 5. The Morgan fingerprint density at radius 1 is 1.21 bits per heavy atom. The minimum atomic E-state index is 0.711. The van der Waals surface area contributed by atoms with Crippen LogP contribution < -0.4 is 14.8 Å². The molecule has 1 rings (SSSR count). The molecule has 1 heterocycles. The molecule has 0 saturated carbocycles. The molecule has 0 aromatic carbocycles. The quantitative estimate of drug-likeness (QED) is 0.669. The molecular formula is C14H24N2O2S. The Bertz CT molecular complexity index is 361. The molecule has 0 amide bonds. The van der Waals surface area contributed by atoms with Crippen molar-refractivity contribution in [1.82, 2.24) is 10.3 Å². The van der Waals surface area contributed by atoms with Crippen molar-refractivity contribution in [2.75, 3.05) is 32.8 Å². The van der Waals surface area contributed by atoms with Crippen molar-refractivity contribution in [3.05, 3.63) is 18.0 Å². The number of rotatable bonds is 10. The molecule has 0 aliphatic heterocycles. The van der Waals surface area contributed by atoms with Crippen LogP contribution in [0.15, 0.2) is 12.3 Å². The summed E-state index contributed by atoms with van der Waals surface area (Å²) in [6.07, 6.45) is 7.67. The van der Waals surface area contributed by atoms with E-state index in [0.717, 1.165) is 23.7 Å². The molecular weight excluding hydrogens is 260 g/mol. The van der Waals surface area contributed by atoms with E-state index in [1.54, 1.807) is 20.4 Å². The lowest BCUT2D eigenvalue weighted by Crippen LogP contribution is -2.16. The fraction of sp³-hybridized carbons (Fsp3) is 0.643. The first-order chi connectivity index (χ1) is 9.33. The van der Waals surface area contributed by atoms with E-state index in [4.69, 9.17) is 9.47 Å². The molecule has 5 heteroatoms. The Labute approximate surface area is 120 Å². The average molecular weight is 284 g/mol. The molecule has 108 valence electrons.